The highest BCUT2D eigenvalue weighted by molar-refractivity contribution is 7.92. The van der Waals surface area contributed by atoms with Crippen molar-refractivity contribution < 1.29 is 18.0 Å². The fourth-order valence-corrected chi connectivity index (χ4v) is 6.23. The van der Waals surface area contributed by atoms with E-state index in [-0.39, 0.29) is 17.3 Å². The minimum Gasteiger partial charge on any atom is -0.354 e. The van der Waals surface area contributed by atoms with Crippen molar-refractivity contribution in [2.24, 2.45) is 0 Å². The van der Waals surface area contributed by atoms with Gasteiger partial charge in [-0.2, -0.15) is 0 Å². The highest BCUT2D eigenvalue weighted by atomic mass is 32.2. The van der Waals surface area contributed by atoms with E-state index in [1.165, 1.54) is 9.21 Å². The van der Waals surface area contributed by atoms with Gasteiger partial charge in [-0.15, -0.1) is 0 Å². The minimum atomic E-state index is -4.10. The molecule has 220 valence electrons. The summed E-state index contributed by atoms with van der Waals surface area (Å²) in [5.41, 5.74) is 5.04. The zero-order valence-electron chi connectivity index (χ0n) is 25.1. The van der Waals surface area contributed by atoms with Crippen molar-refractivity contribution in [3.63, 3.8) is 0 Å². The van der Waals surface area contributed by atoms with Gasteiger partial charge in [-0.3, -0.25) is 13.9 Å². The normalized spacial score (nSPS) is 12.0. The number of carbonyl (C=O) groups excluding carboxylic acids is 2. The lowest BCUT2D eigenvalue weighted by molar-refractivity contribution is -0.140. The number of carbonyl (C=O) groups is 2. The third-order valence-electron chi connectivity index (χ3n) is 7.20. The Morgan fingerprint density at radius 3 is 1.98 bits per heavy atom. The van der Waals surface area contributed by atoms with E-state index in [4.69, 9.17) is 0 Å². The van der Waals surface area contributed by atoms with Gasteiger partial charge in [0, 0.05) is 13.1 Å². The predicted molar refractivity (Wildman–Crippen MR) is 165 cm³/mol. The molecule has 0 aromatic heterocycles. The summed E-state index contributed by atoms with van der Waals surface area (Å²) in [6.45, 7) is 11.8. The Balaban J connectivity index is 2.06. The second-order valence-corrected chi connectivity index (χ2v) is 12.6. The van der Waals surface area contributed by atoms with Crippen LogP contribution in [0.3, 0.4) is 0 Å². The molecule has 1 unspecified atom stereocenters. The monoisotopic (exact) mass is 577 g/mol. The lowest BCUT2D eigenvalue weighted by atomic mass is 10.1. The number of benzene rings is 3. The molecule has 1 atom stereocenters. The zero-order chi connectivity index (χ0) is 30.2. The summed E-state index contributed by atoms with van der Waals surface area (Å²) in [5.74, 6) is -0.681. The van der Waals surface area contributed by atoms with Gasteiger partial charge in [0.15, 0.2) is 0 Å². The second kappa shape index (κ2) is 14.3. The Morgan fingerprint density at radius 2 is 1.41 bits per heavy atom. The Hall–Kier alpha value is -3.65. The molecule has 1 N–H and O–H groups in total. The standard InChI is InChI=1S/C33H43N3O4S/c1-7-9-20-34-33(38)30(8-2)35(22-28-15-10-24(3)11-16-28)32(37)23-36(31-19-14-26(5)21-27(31)6)41(39,40)29-17-12-25(4)13-18-29/h10-19,21,30H,7-9,20,22-23H2,1-6H3,(H,34,38). The Labute approximate surface area is 245 Å². The largest absolute Gasteiger partial charge is 0.354 e. The van der Waals surface area contributed by atoms with Crippen molar-refractivity contribution in [3.8, 4) is 0 Å². The third kappa shape index (κ3) is 8.19. The molecule has 0 heterocycles. The minimum absolute atomic E-state index is 0.102. The van der Waals surface area contributed by atoms with E-state index >= 15 is 0 Å². The first-order valence-electron chi connectivity index (χ1n) is 14.3. The van der Waals surface area contributed by atoms with Crippen LogP contribution in [-0.4, -0.2) is 44.3 Å². The van der Waals surface area contributed by atoms with E-state index in [1.807, 2.05) is 77.9 Å². The maximum atomic E-state index is 14.2. The molecule has 0 bridgehead atoms. The van der Waals surface area contributed by atoms with Crippen LogP contribution in [0, 0.1) is 27.7 Å². The summed E-state index contributed by atoms with van der Waals surface area (Å²) in [6.07, 6.45) is 2.16. The van der Waals surface area contributed by atoms with Crippen LogP contribution in [0.1, 0.15) is 60.9 Å². The number of aryl methyl sites for hydroxylation is 4. The molecule has 0 fully saturated rings. The van der Waals surface area contributed by atoms with Crippen molar-refractivity contribution in [3.05, 3.63) is 94.5 Å². The van der Waals surface area contributed by atoms with Crippen LogP contribution < -0.4 is 9.62 Å². The summed E-state index contributed by atoms with van der Waals surface area (Å²) in [7, 11) is -4.10. The molecule has 0 saturated heterocycles. The summed E-state index contributed by atoms with van der Waals surface area (Å²) in [5, 5.41) is 2.96. The fourth-order valence-electron chi connectivity index (χ4n) is 4.75. The maximum absolute atomic E-state index is 14.2. The highest BCUT2D eigenvalue weighted by Gasteiger charge is 2.34. The van der Waals surface area contributed by atoms with Gasteiger partial charge in [0.2, 0.25) is 11.8 Å². The number of nitrogens with one attached hydrogen (secondary N) is 1. The Kier molecular flexibility index (Phi) is 11.1. The summed E-state index contributed by atoms with van der Waals surface area (Å²) < 4.78 is 29.3. The first-order chi connectivity index (χ1) is 19.5. The Morgan fingerprint density at radius 1 is 0.829 bits per heavy atom. The van der Waals surface area contributed by atoms with Gasteiger partial charge in [-0.1, -0.05) is 85.5 Å². The zero-order valence-corrected chi connectivity index (χ0v) is 25.9. The molecule has 3 aromatic carbocycles. The molecular weight excluding hydrogens is 534 g/mol. The van der Waals surface area contributed by atoms with Gasteiger partial charge in [-0.25, -0.2) is 8.42 Å². The molecule has 7 nitrogen and oxygen atoms in total. The number of hydrogen-bond donors (Lipinski definition) is 1. The molecule has 2 amide bonds. The molecule has 0 saturated carbocycles. The number of unbranched alkanes of at least 4 members (excludes halogenated alkanes) is 1. The van der Waals surface area contributed by atoms with E-state index in [2.05, 4.69) is 5.32 Å². The summed E-state index contributed by atoms with van der Waals surface area (Å²) in [6, 6.07) is 19.1. The average molecular weight is 578 g/mol. The molecule has 0 spiro atoms. The van der Waals surface area contributed by atoms with Crippen molar-refractivity contribution >= 4 is 27.5 Å². The molecule has 3 aromatic rings. The van der Waals surface area contributed by atoms with Gasteiger partial charge in [0.1, 0.15) is 12.6 Å². The van der Waals surface area contributed by atoms with Gasteiger partial charge in [0.05, 0.1) is 10.6 Å². The van der Waals surface area contributed by atoms with E-state index in [0.29, 0.717) is 18.7 Å². The van der Waals surface area contributed by atoms with E-state index in [9.17, 15) is 18.0 Å². The number of rotatable bonds is 13. The first kappa shape index (κ1) is 31.9. The highest BCUT2D eigenvalue weighted by Crippen LogP contribution is 2.28. The fraction of sp³-hybridized carbons (Fsp3) is 0.394. The van der Waals surface area contributed by atoms with Crippen LogP contribution in [-0.2, 0) is 26.2 Å². The van der Waals surface area contributed by atoms with E-state index in [0.717, 1.165) is 40.7 Å². The van der Waals surface area contributed by atoms with Gasteiger partial charge < -0.3 is 10.2 Å². The van der Waals surface area contributed by atoms with Gasteiger partial charge in [-0.05, 0) is 69.9 Å². The number of anilines is 1. The SMILES string of the molecule is CCCCNC(=O)C(CC)N(Cc1ccc(C)cc1)C(=O)CN(c1ccc(C)cc1C)S(=O)(=O)c1ccc(C)cc1. The van der Waals surface area contributed by atoms with Gasteiger partial charge in [0.25, 0.3) is 10.0 Å². The lowest BCUT2D eigenvalue weighted by Gasteiger charge is -2.33. The Bertz CT molecular complexity index is 1430. The predicted octanol–water partition coefficient (Wildman–Crippen LogP) is 5.84. The van der Waals surface area contributed by atoms with E-state index in [1.54, 1.807) is 30.3 Å². The summed E-state index contributed by atoms with van der Waals surface area (Å²) in [4.78, 5) is 29.1. The number of hydrogen-bond acceptors (Lipinski definition) is 4. The topological polar surface area (TPSA) is 86.8 Å². The molecule has 41 heavy (non-hydrogen) atoms. The van der Waals surface area contributed by atoms with E-state index < -0.39 is 28.5 Å². The van der Waals surface area contributed by atoms with Crippen LogP contribution in [0.25, 0.3) is 0 Å². The second-order valence-electron chi connectivity index (χ2n) is 10.7. The van der Waals surface area contributed by atoms with Crippen LogP contribution in [0.5, 0.6) is 0 Å². The van der Waals surface area contributed by atoms with Crippen molar-refractivity contribution in [1.82, 2.24) is 10.2 Å². The molecule has 0 aliphatic carbocycles. The van der Waals surface area contributed by atoms with Gasteiger partial charge >= 0.3 is 0 Å². The lowest BCUT2D eigenvalue weighted by Crippen LogP contribution is -2.52. The first-order valence-corrected chi connectivity index (χ1v) is 15.7. The molecule has 0 radical (unpaired) electrons. The smallest absolute Gasteiger partial charge is 0.264 e. The van der Waals surface area contributed by atoms with Crippen LogP contribution in [0.4, 0.5) is 5.69 Å². The van der Waals surface area contributed by atoms with Crippen LogP contribution >= 0.6 is 0 Å². The van der Waals surface area contributed by atoms with Crippen molar-refractivity contribution in [2.45, 2.75) is 78.3 Å². The average Bonchev–Trinajstić information content (AvgIpc) is 2.93. The summed E-state index contributed by atoms with van der Waals surface area (Å²) >= 11 is 0. The van der Waals surface area contributed by atoms with Crippen molar-refractivity contribution in [1.29, 1.82) is 0 Å². The molecule has 3 rings (SSSR count). The maximum Gasteiger partial charge on any atom is 0.264 e. The van der Waals surface area contributed by atoms with Crippen LogP contribution in [0.15, 0.2) is 71.6 Å². The van der Waals surface area contributed by atoms with Crippen molar-refractivity contribution in [2.75, 3.05) is 17.4 Å². The molecule has 0 aliphatic rings. The quantitative estimate of drug-likeness (QED) is 0.259. The third-order valence-corrected chi connectivity index (χ3v) is 8.97. The molecular formula is C33H43N3O4S. The number of sulfonamides is 1. The number of nitrogens with zero attached hydrogens (tertiary/aromatic N) is 2. The molecule has 8 heteroatoms. The number of amides is 2. The molecule has 0 aliphatic heterocycles. The van der Waals surface area contributed by atoms with Crippen LogP contribution in [0.2, 0.25) is 0 Å².